The molecule has 0 saturated carbocycles. The molecule has 3 heteroatoms. The van der Waals surface area contributed by atoms with Gasteiger partial charge in [-0.1, -0.05) is 40.0 Å². The Labute approximate surface area is 90.1 Å². The van der Waals surface area contributed by atoms with Gasteiger partial charge in [-0.05, 0) is 17.6 Å². The van der Waals surface area contributed by atoms with Crippen LogP contribution in [0.1, 0.15) is 40.0 Å². The second-order valence-electron chi connectivity index (χ2n) is 4.57. The van der Waals surface area contributed by atoms with Crippen LogP contribution in [-0.2, 0) is 4.43 Å². The van der Waals surface area contributed by atoms with Crippen molar-refractivity contribution in [2.24, 2.45) is 0 Å². The molecule has 84 valence electrons. The molecular weight excluding hydrogens is 190 g/mol. The number of hydrogen-bond acceptors (Lipinski definition) is 2. The van der Waals surface area contributed by atoms with Crippen molar-refractivity contribution in [1.29, 1.82) is 0 Å². The van der Waals surface area contributed by atoms with Gasteiger partial charge < -0.3 is 9.74 Å². The summed E-state index contributed by atoms with van der Waals surface area (Å²) in [6.07, 6.45) is 4.23. The van der Waals surface area contributed by atoms with E-state index in [4.69, 9.17) is 4.43 Å². The first kappa shape index (κ1) is 12.2. The highest BCUT2D eigenvalue weighted by atomic mass is 28.3. The van der Waals surface area contributed by atoms with Gasteiger partial charge in [-0.3, -0.25) is 0 Å². The molecule has 14 heavy (non-hydrogen) atoms. The van der Waals surface area contributed by atoms with Gasteiger partial charge in [0.1, 0.15) is 0 Å². The molecule has 0 spiro atoms. The minimum Gasteiger partial charge on any atom is -0.418 e. The minimum absolute atomic E-state index is 0.889. The van der Waals surface area contributed by atoms with Crippen LogP contribution in [0.2, 0.25) is 11.1 Å². The lowest BCUT2D eigenvalue weighted by Crippen LogP contribution is -2.34. The fourth-order valence-corrected chi connectivity index (χ4v) is 5.72. The Hall–Kier alpha value is 0.137. The molecule has 1 fully saturated rings. The van der Waals surface area contributed by atoms with Crippen molar-refractivity contribution in [1.82, 2.24) is 5.32 Å². The van der Waals surface area contributed by atoms with Crippen LogP contribution >= 0.6 is 0 Å². The topological polar surface area (TPSA) is 21.3 Å². The van der Waals surface area contributed by atoms with E-state index in [1.165, 1.54) is 19.3 Å². The molecule has 2 atom stereocenters. The highest BCUT2D eigenvalue weighted by Crippen LogP contribution is 2.35. The molecule has 1 aliphatic rings. The van der Waals surface area contributed by atoms with Gasteiger partial charge in [-0.25, -0.2) is 0 Å². The summed E-state index contributed by atoms with van der Waals surface area (Å²) >= 11 is 0. The summed E-state index contributed by atoms with van der Waals surface area (Å²) in [5.74, 6) is 0. The van der Waals surface area contributed by atoms with Gasteiger partial charge in [0, 0.05) is 13.2 Å². The predicted octanol–water partition coefficient (Wildman–Crippen LogP) is 2.30. The maximum absolute atomic E-state index is 6.09. The number of nitrogens with one attached hydrogen (secondary N) is 1. The fraction of sp³-hybridized carbons (Fsp3) is 1.00. The van der Waals surface area contributed by atoms with Crippen LogP contribution in [0.3, 0.4) is 0 Å². The normalized spacial score (nSPS) is 33.2. The van der Waals surface area contributed by atoms with Crippen LogP contribution in [0.15, 0.2) is 0 Å². The molecule has 1 saturated heterocycles. The standard InChI is InChI=1S/C11H25NOSi/c1-4-12-8-9-13-14-10(2)6-5-7-11(14)3/h10-12,14H,4-9H2,1-3H3. The van der Waals surface area contributed by atoms with Crippen molar-refractivity contribution in [3.8, 4) is 0 Å². The third-order valence-corrected chi connectivity index (χ3v) is 6.81. The van der Waals surface area contributed by atoms with Crippen LogP contribution < -0.4 is 5.32 Å². The third-order valence-electron chi connectivity index (χ3n) is 3.28. The lowest BCUT2D eigenvalue weighted by molar-refractivity contribution is 0.291. The number of hydrogen-bond donors (Lipinski definition) is 1. The van der Waals surface area contributed by atoms with Crippen molar-refractivity contribution in [3.63, 3.8) is 0 Å². The summed E-state index contributed by atoms with van der Waals surface area (Å²) in [6, 6.07) is 0. The molecule has 0 aliphatic carbocycles. The Kier molecular flexibility index (Phi) is 5.75. The van der Waals surface area contributed by atoms with Gasteiger partial charge in [0.05, 0.1) is 0 Å². The molecule has 1 aliphatic heterocycles. The first-order chi connectivity index (χ1) is 6.75. The van der Waals surface area contributed by atoms with E-state index in [9.17, 15) is 0 Å². The highest BCUT2D eigenvalue weighted by Gasteiger charge is 2.30. The Bertz CT molecular complexity index is 144. The molecule has 1 N–H and O–H groups in total. The fourth-order valence-electron chi connectivity index (χ4n) is 2.42. The average Bonchev–Trinajstić information content (AvgIpc) is 2.16. The first-order valence-electron chi connectivity index (χ1n) is 6.08. The summed E-state index contributed by atoms with van der Waals surface area (Å²) in [5.41, 5.74) is 1.78. The largest absolute Gasteiger partial charge is 0.418 e. The Balaban J connectivity index is 2.19. The molecule has 0 aromatic carbocycles. The molecule has 2 unspecified atom stereocenters. The van der Waals surface area contributed by atoms with E-state index in [0.29, 0.717) is 0 Å². The van der Waals surface area contributed by atoms with Crippen LogP contribution in [0, 0.1) is 0 Å². The van der Waals surface area contributed by atoms with Gasteiger partial charge in [0.2, 0.25) is 0 Å². The second-order valence-corrected chi connectivity index (χ2v) is 8.11. The van der Waals surface area contributed by atoms with Crippen molar-refractivity contribution in [3.05, 3.63) is 0 Å². The Morgan fingerprint density at radius 1 is 1.29 bits per heavy atom. The smallest absolute Gasteiger partial charge is 0.182 e. The van der Waals surface area contributed by atoms with Gasteiger partial charge in [-0.15, -0.1) is 0 Å². The van der Waals surface area contributed by atoms with Crippen molar-refractivity contribution in [2.75, 3.05) is 19.7 Å². The lowest BCUT2D eigenvalue weighted by atomic mass is 10.1. The molecule has 2 nitrogen and oxygen atoms in total. The Morgan fingerprint density at radius 3 is 2.50 bits per heavy atom. The maximum Gasteiger partial charge on any atom is 0.182 e. The highest BCUT2D eigenvalue weighted by molar-refractivity contribution is 6.55. The van der Waals surface area contributed by atoms with Gasteiger partial charge in [0.15, 0.2) is 9.04 Å². The maximum atomic E-state index is 6.09. The average molecular weight is 215 g/mol. The summed E-state index contributed by atoms with van der Waals surface area (Å²) in [6.45, 7) is 9.93. The zero-order chi connectivity index (χ0) is 10.4. The monoisotopic (exact) mass is 215 g/mol. The molecular formula is C11H25NOSi. The van der Waals surface area contributed by atoms with Crippen LogP contribution in [0.4, 0.5) is 0 Å². The lowest BCUT2D eigenvalue weighted by Gasteiger charge is -2.32. The zero-order valence-electron chi connectivity index (χ0n) is 9.88. The molecule has 1 rings (SSSR count). The number of likely N-dealkylation sites (N-methyl/N-ethyl adjacent to an activating group) is 1. The molecule has 0 bridgehead atoms. The predicted molar refractivity (Wildman–Crippen MR) is 64.3 cm³/mol. The van der Waals surface area contributed by atoms with E-state index < -0.39 is 9.04 Å². The van der Waals surface area contributed by atoms with E-state index in [-0.39, 0.29) is 0 Å². The number of rotatable bonds is 5. The van der Waals surface area contributed by atoms with Crippen LogP contribution in [0.25, 0.3) is 0 Å². The zero-order valence-corrected chi connectivity index (χ0v) is 11.0. The molecule has 0 aromatic heterocycles. The summed E-state index contributed by atoms with van der Waals surface area (Å²) < 4.78 is 6.09. The van der Waals surface area contributed by atoms with Crippen molar-refractivity contribution >= 4 is 9.04 Å². The van der Waals surface area contributed by atoms with E-state index in [1.54, 1.807) is 0 Å². The molecule has 0 amide bonds. The summed E-state index contributed by atoms with van der Waals surface area (Å²) in [5, 5.41) is 3.31. The third kappa shape index (κ3) is 3.71. The van der Waals surface area contributed by atoms with Gasteiger partial charge in [-0.2, -0.15) is 0 Å². The summed E-state index contributed by atoms with van der Waals surface area (Å²) in [7, 11) is -0.897. The summed E-state index contributed by atoms with van der Waals surface area (Å²) in [4.78, 5) is 0. The van der Waals surface area contributed by atoms with Gasteiger partial charge in [0.25, 0.3) is 0 Å². The van der Waals surface area contributed by atoms with E-state index >= 15 is 0 Å². The van der Waals surface area contributed by atoms with E-state index in [1.807, 2.05) is 0 Å². The SMILES string of the molecule is CCNCCO[SiH]1C(C)CCCC1C. The van der Waals surface area contributed by atoms with E-state index in [2.05, 4.69) is 26.1 Å². The van der Waals surface area contributed by atoms with E-state index in [0.717, 1.165) is 30.8 Å². The van der Waals surface area contributed by atoms with Crippen molar-refractivity contribution < 1.29 is 4.43 Å². The van der Waals surface area contributed by atoms with Crippen LogP contribution in [-0.4, -0.2) is 28.7 Å². The van der Waals surface area contributed by atoms with Gasteiger partial charge >= 0.3 is 0 Å². The minimum atomic E-state index is -0.897. The first-order valence-corrected chi connectivity index (χ1v) is 7.88. The second kappa shape index (κ2) is 6.59. The molecule has 1 heterocycles. The molecule has 0 aromatic rings. The quantitative estimate of drug-likeness (QED) is 0.561. The van der Waals surface area contributed by atoms with Crippen LogP contribution in [0.5, 0.6) is 0 Å². The Morgan fingerprint density at radius 2 is 1.93 bits per heavy atom. The van der Waals surface area contributed by atoms with Crippen molar-refractivity contribution in [2.45, 2.75) is 51.1 Å². The molecule has 0 radical (unpaired) electrons.